The summed E-state index contributed by atoms with van der Waals surface area (Å²) in [6, 6.07) is 5.53. The highest BCUT2D eigenvalue weighted by molar-refractivity contribution is 6.79. The Morgan fingerprint density at radius 3 is 2.26 bits per heavy atom. The average Bonchev–Trinajstić information content (AvgIpc) is 2.38. The van der Waals surface area contributed by atoms with Crippen molar-refractivity contribution in [2.24, 2.45) is 4.99 Å². The Hall–Kier alpha value is -2.37. The zero-order valence-electron chi connectivity index (χ0n) is 10.6. The lowest BCUT2D eigenvalue weighted by Crippen LogP contribution is -2.38. The fourth-order valence-corrected chi connectivity index (χ4v) is 1.34. The maximum Gasteiger partial charge on any atom is 0.273 e. The van der Waals surface area contributed by atoms with Crippen LogP contribution in [0.2, 0.25) is 0 Å². The predicted octanol–water partition coefficient (Wildman–Crippen LogP) is 0.671. The molecular weight excluding hydrogens is 251 g/mol. The minimum atomic E-state index is -0.931. The number of aliphatic imine (C=N–C) groups is 1. The summed E-state index contributed by atoms with van der Waals surface area (Å²) in [4.78, 5) is 37.5. The van der Waals surface area contributed by atoms with Crippen molar-refractivity contribution >= 4 is 23.2 Å². The van der Waals surface area contributed by atoms with Crippen molar-refractivity contribution in [2.75, 3.05) is 7.05 Å². The number of hydrogen-bond donors (Lipinski definition) is 1. The summed E-state index contributed by atoms with van der Waals surface area (Å²) in [7, 11) is 1.26. The van der Waals surface area contributed by atoms with E-state index in [1.54, 1.807) is 0 Å². The van der Waals surface area contributed by atoms with Crippen molar-refractivity contribution in [3.05, 3.63) is 35.6 Å². The van der Waals surface area contributed by atoms with Crippen molar-refractivity contribution in [1.29, 1.82) is 0 Å². The quantitative estimate of drug-likeness (QED) is 0.482. The Bertz CT molecular complexity index is 535. The van der Waals surface area contributed by atoms with Gasteiger partial charge in [0.2, 0.25) is 5.78 Å². The summed E-state index contributed by atoms with van der Waals surface area (Å²) in [5.74, 6) is -2.79. The summed E-state index contributed by atoms with van der Waals surface area (Å²) in [5, 5.41) is 2.44. The van der Waals surface area contributed by atoms with Crippen LogP contribution < -0.4 is 5.32 Å². The fourth-order valence-electron chi connectivity index (χ4n) is 1.34. The molecule has 0 aliphatic heterocycles. The van der Waals surface area contributed by atoms with E-state index in [9.17, 15) is 18.8 Å². The first-order valence-electron chi connectivity index (χ1n) is 5.50. The zero-order valence-corrected chi connectivity index (χ0v) is 10.6. The topological polar surface area (TPSA) is 75.6 Å². The van der Waals surface area contributed by atoms with E-state index in [1.807, 2.05) is 0 Å². The van der Waals surface area contributed by atoms with Crippen LogP contribution >= 0.6 is 0 Å². The van der Waals surface area contributed by atoms with Crippen LogP contribution in [-0.4, -0.2) is 30.2 Å². The van der Waals surface area contributed by atoms with Crippen LogP contribution in [0.4, 0.5) is 4.39 Å². The molecule has 1 N–H and O–H groups in total. The van der Waals surface area contributed by atoms with Gasteiger partial charge >= 0.3 is 0 Å². The van der Waals surface area contributed by atoms with Gasteiger partial charge in [-0.1, -0.05) is 12.1 Å². The van der Waals surface area contributed by atoms with Crippen LogP contribution in [0.15, 0.2) is 29.3 Å². The molecule has 0 aliphatic carbocycles. The molecule has 0 bridgehead atoms. The number of carbonyl (C=O) groups excluding carboxylic acids is 3. The van der Waals surface area contributed by atoms with Crippen LogP contribution in [0.25, 0.3) is 0 Å². The van der Waals surface area contributed by atoms with Crippen molar-refractivity contribution < 1.29 is 18.8 Å². The van der Waals surface area contributed by atoms with Crippen LogP contribution in [0.1, 0.15) is 12.5 Å². The molecule has 1 aromatic carbocycles. The number of hydrogen-bond acceptors (Lipinski definition) is 4. The van der Waals surface area contributed by atoms with Gasteiger partial charge in [-0.25, -0.2) is 4.39 Å². The molecule has 1 aromatic rings. The monoisotopic (exact) mass is 264 g/mol. The number of ketones is 2. The van der Waals surface area contributed by atoms with E-state index in [-0.39, 0.29) is 12.4 Å². The Morgan fingerprint density at radius 2 is 1.79 bits per heavy atom. The molecule has 100 valence electrons. The number of carbonyl (C=O) groups is 3. The standard InChI is InChI=1S/C13H13FN2O3/c1-8(17)12(18)11(15-2)13(19)16-7-9-3-5-10(14)6-4-9/h3-6H,7H2,1-2H3,(H,16,19). The first-order chi connectivity index (χ1) is 8.95. The molecule has 0 saturated carbocycles. The third kappa shape index (κ3) is 4.09. The Labute approximate surface area is 109 Å². The third-order valence-electron chi connectivity index (χ3n) is 2.34. The SMILES string of the molecule is CN=C(C(=O)NCc1ccc(F)cc1)C(=O)C(C)=O. The molecule has 0 spiro atoms. The highest BCUT2D eigenvalue weighted by atomic mass is 19.1. The van der Waals surface area contributed by atoms with Gasteiger partial charge in [-0.2, -0.15) is 0 Å². The molecule has 0 fully saturated rings. The van der Waals surface area contributed by atoms with Crippen LogP contribution in [0, 0.1) is 5.82 Å². The second-order valence-electron chi connectivity index (χ2n) is 3.77. The van der Waals surface area contributed by atoms with Gasteiger partial charge in [0.1, 0.15) is 5.82 Å². The maximum absolute atomic E-state index is 12.7. The van der Waals surface area contributed by atoms with Gasteiger partial charge in [-0.05, 0) is 17.7 Å². The molecule has 0 atom stereocenters. The normalized spacial score (nSPS) is 11.0. The number of rotatable bonds is 5. The molecule has 0 aliphatic rings. The summed E-state index contributed by atoms with van der Waals surface area (Å²) >= 11 is 0. The first kappa shape index (κ1) is 14.7. The van der Waals surface area contributed by atoms with Gasteiger partial charge in [0.05, 0.1) is 0 Å². The van der Waals surface area contributed by atoms with Gasteiger partial charge in [0.25, 0.3) is 11.7 Å². The van der Waals surface area contributed by atoms with Crippen molar-refractivity contribution in [3.8, 4) is 0 Å². The van der Waals surface area contributed by atoms with Crippen molar-refractivity contribution in [3.63, 3.8) is 0 Å². The molecule has 1 amide bonds. The molecule has 0 saturated heterocycles. The highest BCUT2D eigenvalue weighted by Crippen LogP contribution is 2.02. The van der Waals surface area contributed by atoms with Gasteiger partial charge in [0, 0.05) is 20.5 Å². The lowest BCUT2D eigenvalue weighted by Gasteiger charge is -2.05. The Balaban J connectivity index is 2.67. The van der Waals surface area contributed by atoms with E-state index in [0.29, 0.717) is 5.56 Å². The minimum Gasteiger partial charge on any atom is -0.347 e. The largest absolute Gasteiger partial charge is 0.347 e. The smallest absolute Gasteiger partial charge is 0.273 e. The van der Waals surface area contributed by atoms with E-state index in [2.05, 4.69) is 10.3 Å². The fraction of sp³-hybridized carbons (Fsp3) is 0.231. The summed E-state index contributed by atoms with van der Waals surface area (Å²) in [5.41, 5.74) is 0.232. The van der Waals surface area contributed by atoms with Crippen LogP contribution in [0.5, 0.6) is 0 Å². The minimum absolute atomic E-state index is 0.114. The number of nitrogens with zero attached hydrogens (tertiary/aromatic N) is 1. The highest BCUT2D eigenvalue weighted by Gasteiger charge is 2.22. The Kier molecular flexibility index (Phi) is 5.05. The van der Waals surface area contributed by atoms with Crippen molar-refractivity contribution in [1.82, 2.24) is 5.32 Å². The Morgan fingerprint density at radius 1 is 1.21 bits per heavy atom. The number of amides is 1. The molecule has 5 nitrogen and oxygen atoms in total. The summed E-state index contributed by atoms with van der Waals surface area (Å²) in [6.45, 7) is 1.18. The first-order valence-corrected chi connectivity index (χ1v) is 5.50. The van der Waals surface area contributed by atoms with Gasteiger partial charge in [0.15, 0.2) is 5.71 Å². The number of nitrogens with one attached hydrogen (secondary N) is 1. The second-order valence-corrected chi connectivity index (χ2v) is 3.77. The predicted molar refractivity (Wildman–Crippen MR) is 67.3 cm³/mol. The lowest BCUT2D eigenvalue weighted by atomic mass is 10.1. The number of benzene rings is 1. The maximum atomic E-state index is 12.7. The van der Waals surface area contributed by atoms with E-state index in [4.69, 9.17) is 0 Å². The zero-order chi connectivity index (χ0) is 14.4. The van der Waals surface area contributed by atoms with Gasteiger partial charge < -0.3 is 5.32 Å². The van der Waals surface area contributed by atoms with Crippen molar-refractivity contribution in [2.45, 2.75) is 13.5 Å². The van der Waals surface area contributed by atoms with Gasteiger partial charge in [-0.15, -0.1) is 0 Å². The van der Waals surface area contributed by atoms with E-state index < -0.39 is 23.2 Å². The molecule has 0 unspecified atom stereocenters. The molecule has 1 rings (SSSR count). The summed E-state index contributed by atoms with van der Waals surface area (Å²) < 4.78 is 12.7. The molecule has 0 radical (unpaired) electrons. The summed E-state index contributed by atoms with van der Waals surface area (Å²) in [6.07, 6.45) is 0. The number of Topliss-reactive ketones (excluding diaryl/α,β-unsaturated/α-hetero) is 2. The molecular formula is C13H13FN2O3. The number of halogens is 1. The third-order valence-corrected chi connectivity index (χ3v) is 2.34. The molecule has 0 aromatic heterocycles. The van der Waals surface area contributed by atoms with Crippen LogP contribution in [-0.2, 0) is 20.9 Å². The van der Waals surface area contributed by atoms with E-state index in [1.165, 1.54) is 31.3 Å². The molecule has 6 heteroatoms. The van der Waals surface area contributed by atoms with E-state index >= 15 is 0 Å². The molecule has 0 heterocycles. The van der Waals surface area contributed by atoms with E-state index in [0.717, 1.165) is 6.92 Å². The molecule has 19 heavy (non-hydrogen) atoms. The van der Waals surface area contributed by atoms with Gasteiger partial charge in [-0.3, -0.25) is 19.4 Å². The average molecular weight is 264 g/mol. The van der Waals surface area contributed by atoms with Crippen LogP contribution in [0.3, 0.4) is 0 Å². The lowest BCUT2D eigenvalue weighted by molar-refractivity contribution is -0.132. The second kappa shape index (κ2) is 6.53.